The molecule has 1 N–H and O–H groups in total. The highest BCUT2D eigenvalue weighted by atomic mass is 19.4. The highest BCUT2D eigenvalue weighted by molar-refractivity contribution is 5.67. The molecule has 0 aromatic heterocycles. The summed E-state index contributed by atoms with van der Waals surface area (Å²) >= 11 is 0. The van der Waals surface area contributed by atoms with Crippen LogP contribution in [0.4, 0.5) is 23.2 Å². The van der Waals surface area contributed by atoms with Gasteiger partial charge in [0.15, 0.2) is 6.10 Å². The fourth-order valence-electron chi connectivity index (χ4n) is 4.74. The van der Waals surface area contributed by atoms with Gasteiger partial charge in [0.25, 0.3) is 0 Å². The van der Waals surface area contributed by atoms with Gasteiger partial charge in [-0.2, -0.15) is 13.2 Å². The van der Waals surface area contributed by atoms with E-state index in [9.17, 15) is 22.7 Å². The number of β-amino-alcohol motifs (C(OH)–C–C–N with tert-alkyl or cyclic N) is 1. The van der Waals surface area contributed by atoms with E-state index in [1.165, 1.54) is 6.07 Å². The first-order valence-electron chi connectivity index (χ1n) is 10.5. The monoisotopic (exact) mass is 443 g/mol. The van der Waals surface area contributed by atoms with Gasteiger partial charge in [0.1, 0.15) is 5.82 Å². The number of nitrogens with zero attached hydrogens (tertiary/aromatic N) is 1. The Morgan fingerprint density at radius 3 is 2.44 bits per heavy atom. The van der Waals surface area contributed by atoms with Crippen LogP contribution in [0, 0.1) is 19.7 Å². The van der Waals surface area contributed by atoms with E-state index in [0.717, 1.165) is 22.3 Å². The largest absolute Gasteiger partial charge is 0.416 e. The predicted molar refractivity (Wildman–Crippen MR) is 118 cm³/mol. The molecule has 2 nitrogen and oxygen atoms in total. The number of aliphatic hydroxyl groups excluding tert-OH is 1. The fraction of sp³-hybridized carbons (Fsp3) is 0.308. The lowest BCUT2D eigenvalue weighted by molar-refractivity contribution is -0.200. The zero-order chi connectivity index (χ0) is 23.1. The molecule has 0 radical (unpaired) electrons. The van der Waals surface area contributed by atoms with E-state index >= 15 is 0 Å². The second kappa shape index (κ2) is 8.24. The van der Waals surface area contributed by atoms with Gasteiger partial charge in [-0.15, -0.1) is 0 Å². The molecule has 1 aliphatic rings. The highest BCUT2D eigenvalue weighted by Gasteiger charge is 2.47. The lowest BCUT2D eigenvalue weighted by Gasteiger charge is -2.33. The first-order valence-corrected chi connectivity index (χ1v) is 10.5. The average Bonchev–Trinajstić information content (AvgIpc) is 3.04. The number of rotatable bonds is 5. The van der Waals surface area contributed by atoms with E-state index in [0.29, 0.717) is 17.7 Å². The molecule has 3 aromatic carbocycles. The average molecular weight is 443 g/mol. The van der Waals surface area contributed by atoms with Crippen LogP contribution >= 0.6 is 0 Å². The van der Waals surface area contributed by atoms with Crippen LogP contribution in [0.2, 0.25) is 0 Å². The number of halogens is 4. The van der Waals surface area contributed by atoms with Crippen molar-refractivity contribution in [3.63, 3.8) is 0 Å². The van der Waals surface area contributed by atoms with E-state index < -0.39 is 24.2 Å². The molecular formula is C26H25F4NO. The Morgan fingerprint density at radius 1 is 1.00 bits per heavy atom. The number of para-hydroxylation sites is 1. The molecular weight excluding hydrogens is 418 g/mol. The molecule has 0 fully saturated rings. The van der Waals surface area contributed by atoms with Crippen molar-refractivity contribution in [1.29, 1.82) is 0 Å². The third-order valence-corrected chi connectivity index (χ3v) is 6.29. The van der Waals surface area contributed by atoms with Gasteiger partial charge in [0, 0.05) is 17.6 Å². The summed E-state index contributed by atoms with van der Waals surface area (Å²) in [6, 6.07) is 20.3. The molecule has 0 amide bonds. The van der Waals surface area contributed by atoms with Crippen LogP contribution in [0.25, 0.3) is 0 Å². The molecule has 2 atom stereocenters. The van der Waals surface area contributed by atoms with Crippen LogP contribution < -0.4 is 4.90 Å². The number of hydrogen-bond acceptors (Lipinski definition) is 2. The number of benzene rings is 3. The molecule has 0 aliphatic carbocycles. The first-order chi connectivity index (χ1) is 15.1. The van der Waals surface area contributed by atoms with Crippen molar-refractivity contribution in [2.45, 2.75) is 38.0 Å². The molecule has 0 bridgehead atoms. The molecule has 32 heavy (non-hydrogen) atoms. The van der Waals surface area contributed by atoms with Crippen LogP contribution in [-0.4, -0.2) is 30.5 Å². The predicted octanol–water partition coefficient (Wildman–Crippen LogP) is 5.71. The van der Waals surface area contributed by atoms with Gasteiger partial charge in [-0.05, 0) is 54.7 Å². The Balaban J connectivity index is 1.86. The zero-order valence-electron chi connectivity index (χ0n) is 18.0. The van der Waals surface area contributed by atoms with E-state index in [1.807, 2.05) is 37.3 Å². The van der Waals surface area contributed by atoms with Crippen LogP contribution in [0.3, 0.4) is 0 Å². The van der Waals surface area contributed by atoms with Crippen molar-refractivity contribution in [3.05, 3.63) is 100 Å². The summed E-state index contributed by atoms with van der Waals surface area (Å²) in [6.07, 6.45) is -6.63. The number of aliphatic hydroxyl groups is 1. The van der Waals surface area contributed by atoms with Gasteiger partial charge in [0.2, 0.25) is 0 Å². The van der Waals surface area contributed by atoms with Crippen molar-refractivity contribution in [2.24, 2.45) is 0 Å². The minimum Gasteiger partial charge on any atom is -0.382 e. The summed E-state index contributed by atoms with van der Waals surface area (Å²) in [5.41, 5.74) is 4.30. The standard InChI is InChI=1S/C26H25F4NO/c1-17-6-5-7-19(12-17)14-25(20-10-11-22(27)18(2)13-20)16-31(15-24(32)26(28,29)30)23-9-4-3-8-21(23)25/h3-13,24,32H,14-16H2,1-2H3/t24-,25?/m1/s1. The van der Waals surface area contributed by atoms with Gasteiger partial charge in [-0.1, -0.05) is 60.2 Å². The van der Waals surface area contributed by atoms with Crippen molar-refractivity contribution in [2.75, 3.05) is 18.0 Å². The van der Waals surface area contributed by atoms with Crippen molar-refractivity contribution >= 4 is 5.69 Å². The molecule has 1 heterocycles. The molecule has 6 heteroatoms. The molecule has 1 aliphatic heterocycles. The maximum Gasteiger partial charge on any atom is 0.416 e. The smallest absolute Gasteiger partial charge is 0.382 e. The number of anilines is 1. The molecule has 0 spiro atoms. The summed E-state index contributed by atoms with van der Waals surface area (Å²) in [5.74, 6) is -0.324. The number of hydrogen-bond donors (Lipinski definition) is 1. The van der Waals surface area contributed by atoms with Gasteiger partial charge in [0.05, 0.1) is 6.54 Å². The van der Waals surface area contributed by atoms with E-state index in [4.69, 9.17) is 0 Å². The number of aryl methyl sites for hydroxylation is 2. The summed E-state index contributed by atoms with van der Waals surface area (Å²) in [6.45, 7) is 3.37. The summed E-state index contributed by atoms with van der Waals surface area (Å²) in [5, 5.41) is 9.80. The summed E-state index contributed by atoms with van der Waals surface area (Å²) < 4.78 is 53.6. The number of fused-ring (bicyclic) bond motifs is 1. The lowest BCUT2D eigenvalue weighted by Crippen LogP contribution is -2.44. The SMILES string of the molecule is Cc1cccc(CC2(c3ccc(F)c(C)c3)CN(C[C@@H](O)C(F)(F)F)c3ccccc32)c1. The fourth-order valence-corrected chi connectivity index (χ4v) is 4.74. The van der Waals surface area contributed by atoms with Crippen LogP contribution in [-0.2, 0) is 11.8 Å². The second-order valence-corrected chi connectivity index (χ2v) is 8.67. The quantitative estimate of drug-likeness (QED) is 0.511. The topological polar surface area (TPSA) is 23.5 Å². The minimum atomic E-state index is -4.71. The summed E-state index contributed by atoms with van der Waals surface area (Å²) in [7, 11) is 0. The van der Waals surface area contributed by atoms with Crippen molar-refractivity contribution in [3.8, 4) is 0 Å². The molecule has 0 saturated carbocycles. The third-order valence-electron chi connectivity index (χ3n) is 6.29. The number of alkyl halides is 3. The van der Waals surface area contributed by atoms with Crippen LogP contribution in [0.1, 0.15) is 27.8 Å². The molecule has 4 rings (SSSR count). The zero-order valence-corrected chi connectivity index (χ0v) is 18.0. The lowest BCUT2D eigenvalue weighted by atomic mass is 9.71. The Morgan fingerprint density at radius 2 is 1.75 bits per heavy atom. The molecule has 0 saturated heterocycles. The Kier molecular flexibility index (Phi) is 5.76. The highest BCUT2D eigenvalue weighted by Crippen LogP contribution is 2.48. The summed E-state index contributed by atoms with van der Waals surface area (Å²) in [4.78, 5) is 1.60. The van der Waals surface area contributed by atoms with Gasteiger partial charge >= 0.3 is 6.18 Å². The van der Waals surface area contributed by atoms with Gasteiger partial charge < -0.3 is 10.0 Å². The maximum absolute atomic E-state index is 14.1. The Hall–Kier alpha value is -2.86. The molecule has 168 valence electrons. The Bertz CT molecular complexity index is 1130. The van der Waals surface area contributed by atoms with Gasteiger partial charge in [-0.3, -0.25) is 0 Å². The molecule has 3 aromatic rings. The third kappa shape index (κ3) is 4.11. The van der Waals surface area contributed by atoms with Crippen LogP contribution in [0.5, 0.6) is 0 Å². The Labute approximate surface area is 185 Å². The van der Waals surface area contributed by atoms with Crippen molar-refractivity contribution < 1.29 is 22.7 Å². The molecule has 1 unspecified atom stereocenters. The normalized spacial score (nSPS) is 19.2. The van der Waals surface area contributed by atoms with Gasteiger partial charge in [-0.25, -0.2) is 4.39 Å². The maximum atomic E-state index is 14.1. The van der Waals surface area contributed by atoms with Crippen molar-refractivity contribution in [1.82, 2.24) is 0 Å². The van der Waals surface area contributed by atoms with E-state index in [2.05, 4.69) is 6.07 Å². The van der Waals surface area contributed by atoms with Crippen LogP contribution in [0.15, 0.2) is 66.7 Å². The van der Waals surface area contributed by atoms with E-state index in [1.54, 1.807) is 36.1 Å². The second-order valence-electron chi connectivity index (χ2n) is 8.67. The van der Waals surface area contributed by atoms with E-state index in [-0.39, 0.29) is 12.4 Å². The minimum absolute atomic E-state index is 0.249. The first kappa shape index (κ1) is 22.3.